The van der Waals surface area contributed by atoms with Crippen molar-refractivity contribution in [3.63, 3.8) is 0 Å². The molecule has 3 N–H and O–H groups in total. The van der Waals surface area contributed by atoms with Gasteiger partial charge in [0.05, 0.1) is 18.8 Å². The highest BCUT2D eigenvalue weighted by Crippen LogP contribution is 2.48. The van der Waals surface area contributed by atoms with Gasteiger partial charge in [-0.05, 0) is 31.6 Å². The lowest BCUT2D eigenvalue weighted by Crippen LogP contribution is -2.63. The standard InChI is InChI=1S/C15H25N3O3/c1-10-8-15(9-10,13(16)17-20)14(19)18-6-7-21-12-5-3-2-4-11(12)18/h10-12,20H,2-9H2,1H3,(H2,16,17). The van der Waals surface area contributed by atoms with E-state index in [0.717, 1.165) is 19.3 Å². The molecule has 118 valence electrons. The molecule has 3 fully saturated rings. The summed E-state index contributed by atoms with van der Waals surface area (Å²) in [7, 11) is 0. The Bertz CT molecular complexity index is 443. The molecule has 0 aromatic rings. The molecule has 2 unspecified atom stereocenters. The predicted molar refractivity (Wildman–Crippen MR) is 77.9 cm³/mol. The molecule has 21 heavy (non-hydrogen) atoms. The van der Waals surface area contributed by atoms with Gasteiger partial charge >= 0.3 is 0 Å². The summed E-state index contributed by atoms with van der Waals surface area (Å²) in [6.07, 6.45) is 5.86. The third-order valence-corrected chi connectivity index (χ3v) is 5.39. The first-order valence-corrected chi connectivity index (χ1v) is 7.99. The molecule has 2 saturated carbocycles. The van der Waals surface area contributed by atoms with E-state index in [4.69, 9.17) is 15.7 Å². The summed E-state index contributed by atoms with van der Waals surface area (Å²) in [6.45, 7) is 3.31. The minimum atomic E-state index is -0.784. The van der Waals surface area contributed by atoms with Crippen LogP contribution in [-0.4, -0.2) is 47.1 Å². The van der Waals surface area contributed by atoms with Crippen LogP contribution in [0.3, 0.4) is 0 Å². The van der Waals surface area contributed by atoms with Crippen molar-refractivity contribution in [3.8, 4) is 0 Å². The highest BCUT2D eigenvalue weighted by Gasteiger charge is 2.55. The van der Waals surface area contributed by atoms with Crippen molar-refractivity contribution in [2.45, 2.75) is 57.6 Å². The van der Waals surface area contributed by atoms with Crippen LogP contribution < -0.4 is 5.73 Å². The van der Waals surface area contributed by atoms with E-state index in [1.54, 1.807) is 0 Å². The van der Waals surface area contributed by atoms with Crippen LogP contribution >= 0.6 is 0 Å². The van der Waals surface area contributed by atoms with Crippen LogP contribution in [0, 0.1) is 11.3 Å². The molecule has 0 aromatic carbocycles. The molecule has 1 amide bonds. The van der Waals surface area contributed by atoms with Gasteiger partial charge in [0.2, 0.25) is 5.91 Å². The largest absolute Gasteiger partial charge is 0.409 e. The van der Waals surface area contributed by atoms with Crippen LogP contribution in [0.5, 0.6) is 0 Å². The average molecular weight is 295 g/mol. The Morgan fingerprint density at radius 3 is 2.76 bits per heavy atom. The second-order valence-electron chi connectivity index (χ2n) is 6.84. The van der Waals surface area contributed by atoms with Gasteiger partial charge < -0.3 is 20.6 Å². The van der Waals surface area contributed by atoms with E-state index in [1.165, 1.54) is 6.42 Å². The van der Waals surface area contributed by atoms with E-state index in [2.05, 4.69) is 12.1 Å². The van der Waals surface area contributed by atoms with Crippen molar-refractivity contribution in [2.24, 2.45) is 22.2 Å². The van der Waals surface area contributed by atoms with Gasteiger partial charge in [0, 0.05) is 6.54 Å². The number of oxime groups is 1. The number of nitrogens with zero attached hydrogens (tertiary/aromatic N) is 2. The molecule has 6 heteroatoms. The SMILES string of the molecule is CC1CC(C(=O)N2CCOC3CCCCC32)(C(N)=NO)C1. The van der Waals surface area contributed by atoms with E-state index in [9.17, 15) is 4.79 Å². The van der Waals surface area contributed by atoms with Gasteiger partial charge in [-0.3, -0.25) is 4.79 Å². The molecule has 2 atom stereocenters. The van der Waals surface area contributed by atoms with E-state index < -0.39 is 5.41 Å². The lowest BCUT2D eigenvalue weighted by Gasteiger charge is -2.51. The quantitative estimate of drug-likeness (QED) is 0.348. The number of carbonyl (C=O) groups excluding carboxylic acids is 1. The zero-order valence-corrected chi connectivity index (χ0v) is 12.6. The van der Waals surface area contributed by atoms with Gasteiger partial charge in [-0.1, -0.05) is 24.9 Å². The number of amides is 1. The van der Waals surface area contributed by atoms with Crippen LogP contribution in [0.15, 0.2) is 5.16 Å². The summed E-state index contributed by atoms with van der Waals surface area (Å²) >= 11 is 0. The first-order valence-electron chi connectivity index (χ1n) is 7.99. The second kappa shape index (κ2) is 5.48. The van der Waals surface area contributed by atoms with Gasteiger partial charge in [0.25, 0.3) is 0 Å². The first-order chi connectivity index (χ1) is 10.1. The highest BCUT2D eigenvalue weighted by molar-refractivity contribution is 6.07. The molecule has 1 heterocycles. The fourth-order valence-electron chi connectivity index (χ4n) is 4.34. The van der Waals surface area contributed by atoms with Crippen molar-refractivity contribution < 1.29 is 14.7 Å². The van der Waals surface area contributed by atoms with Gasteiger partial charge in [-0.15, -0.1) is 0 Å². The lowest BCUT2D eigenvalue weighted by molar-refractivity contribution is -0.162. The summed E-state index contributed by atoms with van der Waals surface area (Å²) in [5, 5.41) is 12.2. The first kappa shape index (κ1) is 14.6. The number of amidine groups is 1. The second-order valence-corrected chi connectivity index (χ2v) is 6.84. The molecular weight excluding hydrogens is 270 g/mol. The Morgan fingerprint density at radius 2 is 2.10 bits per heavy atom. The lowest BCUT2D eigenvalue weighted by atomic mass is 9.60. The van der Waals surface area contributed by atoms with Crippen LogP contribution in [0.1, 0.15) is 45.4 Å². The maximum atomic E-state index is 13.1. The van der Waals surface area contributed by atoms with Gasteiger partial charge in [-0.25, -0.2) is 0 Å². The van der Waals surface area contributed by atoms with Crippen LogP contribution in [0.25, 0.3) is 0 Å². The number of morpholine rings is 1. The van der Waals surface area contributed by atoms with Gasteiger partial charge in [0.15, 0.2) is 5.84 Å². The number of hydrogen-bond donors (Lipinski definition) is 2. The average Bonchev–Trinajstić information content (AvgIpc) is 2.49. The third kappa shape index (κ3) is 2.29. The monoisotopic (exact) mass is 295 g/mol. The predicted octanol–water partition coefficient (Wildman–Crippen LogP) is 1.32. The molecular formula is C15H25N3O3. The number of fused-ring (bicyclic) bond motifs is 1. The zero-order valence-electron chi connectivity index (χ0n) is 12.6. The van der Waals surface area contributed by atoms with Crippen molar-refractivity contribution in [2.75, 3.05) is 13.2 Å². The van der Waals surface area contributed by atoms with E-state index in [0.29, 0.717) is 31.9 Å². The summed E-state index contributed by atoms with van der Waals surface area (Å²) in [4.78, 5) is 15.1. The van der Waals surface area contributed by atoms with E-state index in [-0.39, 0.29) is 23.9 Å². The van der Waals surface area contributed by atoms with Gasteiger partial charge in [0.1, 0.15) is 5.41 Å². The smallest absolute Gasteiger partial charge is 0.236 e. The molecule has 2 aliphatic carbocycles. The molecule has 1 aliphatic heterocycles. The normalized spacial score (nSPS) is 40.3. The number of carbonyl (C=O) groups is 1. The summed E-state index contributed by atoms with van der Waals surface area (Å²) < 4.78 is 5.83. The Hall–Kier alpha value is -1.30. The fourth-order valence-corrected chi connectivity index (χ4v) is 4.34. The third-order valence-electron chi connectivity index (χ3n) is 5.39. The molecule has 0 radical (unpaired) electrons. The Morgan fingerprint density at radius 1 is 1.38 bits per heavy atom. The number of rotatable bonds is 2. The topological polar surface area (TPSA) is 88.2 Å². The van der Waals surface area contributed by atoms with Crippen LogP contribution in [-0.2, 0) is 9.53 Å². The molecule has 1 saturated heterocycles. The Labute approximate surface area is 125 Å². The number of ether oxygens (including phenoxy) is 1. The zero-order chi connectivity index (χ0) is 15.0. The Balaban J connectivity index is 1.82. The maximum Gasteiger partial charge on any atom is 0.236 e. The summed E-state index contributed by atoms with van der Waals surface area (Å²) in [5.41, 5.74) is 5.09. The van der Waals surface area contributed by atoms with Crippen molar-refractivity contribution in [1.82, 2.24) is 4.90 Å². The number of nitrogens with two attached hydrogens (primary N) is 1. The summed E-state index contributed by atoms with van der Waals surface area (Å²) in [6, 6.07) is 0.166. The number of hydrogen-bond acceptors (Lipinski definition) is 4. The molecule has 0 spiro atoms. The minimum Gasteiger partial charge on any atom is -0.409 e. The van der Waals surface area contributed by atoms with Crippen molar-refractivity contribution >= 4 is 11.7 Å². The molecule has 3 aliphatic rings. The molecule has 6 nitrogen and oxygen atoms in total. The molecule has 0 bridgehead atoms. The van der Waals surface area contributed by atoms with Crippen molar-refractivity contribution in [1.29, 1.82) is 0 Å². The molecule has 3 rings (SSSR count). The maximum absolute atomic E-state index is 13.1. The Kier molecular flexibility index (Phi) is 3.82. The van der Waals surface area contributed by atoms with E-state index in [1.807, 2.05) is 4.90 Å². The minimum absolute atomic E-state index is 0.0381. The fraction of sp³-hybridized carbons (Fsp3) is 0.867. The van der Waals surface area contributed by atoms with E-state index >= 15 is 0 Å². The summed E-state index contributed by atoms with van der Waals surface area (Å²) in [5.74, 6) is 0.554. The van der Waals surface area contributed by atoms with Crippen LogP contribution in [0.4, 0.5) is 0 Å². The molecule has 0 aromatic heterocycles. The van der Waals surface area contributed by atoms with Crippen LogP contribution in [0.2, 0.25) is 0 Å². The highest BCUT2D eigenvalue weighted by atomic mass is 16.5. The van der Waals surface area contributed by atoms with Crippen molar-refractivity contribution in [3.05, 3.63) is 0 Å². The van der Waals surface area contributed by atoms with Gasteiger partial charge in [-0.2, -0.15) is 0 Å².